The van der Waals surface area contributed by atoms with Crippen LogP contribution in [0.1, 0.15) is 33.6 Å². The second-order valence-electron chi connectivity index (χ2n) is 4.97. The maximum absolute atomic E-state index is 4.66. The largest absolute Gasteiger partial charge is 0.257 e. The first-order chi connectivity index (χ1) is 8.08. The zero-order valence-corrected chi connectivity index (χ0v) is 10.8. The molecule has 17 heavy (non-hydrogen) atoms. The van der Waals surface area contributed by atoms with Crippen LogP contribution in [0.3, 0.4) is 0 Å². The molecular formula is C15H16N2. The molecule has 3 rings (SSSR count). The van der Waals surface area contributed by atoms with Gasteiger partial charge in [-0.25, -0.2) is 0 Å². The molecule has 2 aromatic heterocycles. The first-order valence-electron chi connectivity index (χ1n) is 6.00. The van der Waals surface area contributed by atoms with Gasteiger partial charge in [0.25, 0.3) is 0 Å². The van der Waals surface area contributed by atoms with Crippen LogP contribution in [0.15, 0.2) is 12.3 Å². The van der Waals surface area contributed by atoms with Crippen LogP contribution in [0, 0.1) is 27.7 Å². The van der Waals surface area contributed by atoms with Crippen molar-refractivity contribution in [1.82, 2.24) is 9.97 Å². The summed E-state index contributed by atoms with van der Waals surface area (Å²) >= 11 is 0. The van der Waals surface area contributed by atoms with Gasteiger partial charge >= 0.3 is 0 Å². The quantitative estimate of drug-likeness (QED) is 0.585. The topological polar surface area (TPSA) is 25.8 Å². The molecule has 0 N–H and O–H groups in total. The van der Waals surface area contributed by atoms with Crippen LogP contribution in [-0.4, -0.2) is 9.97 Å². The van der Waals surface area contributed by atoms with Gasteiger partial charge in [0.2, 0.25) is 0 Å². The predicted molar refractivity (Wildman–Crippen MR) is 69.2 cm³/mol. The van der Waals surface area contributed by atoms with E-state index in [1.807, 2.05) is 6.20 Å². The highest BCUT2D eigenvalue weighted by molar-refractivity contribution is 5.76. The van der Waals surface area contributed by atoms with Gasteiger partial charge in [-0.2, -0.15) is 0 Å². The number of aryl methyl sites for hydroxylation is 3. The van der Waals surface area contributed by atoms with Gasteiger partial charge in [-0.1, -0.05) is 0 Å². The fraction of sp³-hybridized carbons (Fsp3) is 0.333. The molecule has 2 nitrogen and oxygen atoms in total. The zero-order chi connectivity index (χ0) is 12.2. The fourth-order valence-corrected chi connectivity index (χ4v) is 2.72. The lowest BCUT2D eigenvalue weighted by atomic mass is 10.0. The van der Waals surface area contributed by atoms with Crippen molar-refractivity contribution >= 4 is 0 Å². The summed E-state index contributed by atoms with van der Waals surface area (Å²) in [5.41, 5.74) is 9.99. The standard InChI is InChI=1S/C15H16N2/c1-8-5-10(3)17-13-6-12-11(4)9(2)7-16-15(12)14(8)13/h5,7H,6H2,1-4H3. The van der Waals surface area contributed by atoms with E-state index in [1.165, 1.54) is 33.5 Å². The summed E-state index contributed by atoms with van der Waals surface area (Å²) in [6.07, 6.45) is 2.91. The molecule has 1 aliphatic carbocycles. The number of hydrogen-bond acceptors (Lipinski definition) is 2. The van der Waals surface area contributed by atoms with E-state index >= 15 is 0 Å². The van der Waals surface area contributed by atoms with Crippen molar-refractivity contribution < 1.29 is 0 Å². The van der Waals surface area contributed by atoms with Gasteiger partial charge in [-0.3, -0.25) is 9.97 Å². The smallest absolute Gasteiger partial charge is 0.0761 e. The molecule has 0 radical (unpaired) electrons. The van der Waals surface area contributed by atoms with Crippen LogP contribution < -0.4 is 0 Å². The number of rotatable bonds is 0. The SMILES string of the molecule is Cc1cc(C)c2c(n1)Cc1c-2ncc(C)c1C. The lowest BCUT2D eigenvalue weighted by Gasteiger charge is -2.07. The number of nitrogens with zero attached hydrogens (tertiary/aromatic N) is 2. The third-order valence-corrected chi connectivity index (χ3v) is 3.72. The van der Waals surface area contributed by atoms with Crippen molar-refractivity contribution in [2.24, 2.45) is 0 Å². The Morgan fingerprint density at radius 2 is 1.82 bits per heavy atom. The Hall–Kier alpha value is -1.70. The summed E-state index contributed by atoms with van der Waals surface area (Å²) in [5, 5.41) is 0. The van der Waals surface area contributed by atoms with Gasteiger partial charge in [0.1, 0.15) is 0 Å². The van der Waals surface area contributed by atoms with Crippen LogP contribution in [-0.2, 0) is 6.42 Å². The molecule has 2 heteroatoms. The van der Waals surface area contributed by atoms with Gasteiger partial charge < -0.3 is 0 Å². The molecule has 0 spiro atoms. The first-order valence-corrected chi connectivity index (χ1v) is 6.00. The Labute approximate surface area is 102 Å². The maximum Gasteiger partial charge on any atom is 0.0761 e. The van der Waals surface area contributed by atoms with Gasteiger partial charge in [0.05, 0.1) is 11.4 Å². The van der Waals surface area contributed by atoms with E-state index in [0.29, 0.717) is 0 Å². The minimum Gasteiger partial charge on any atom is -0.257 e. The van der Waals surface area contributed by atoms with Gasteiger partial charge in [0, 0.05) is 23.9 Å². The Balaban J connectivity index is 2.33. The molecule has 0 aromatic carbocycles. The van der Waals surface area contributed by atoms with Crippen molar-refractivity contribution in [3.8, 4) is 11.3 Å². The second-order valence-corrected chi connectivity index (χ2v) is 4.97. The van der Waals surface area contributed by atoms with Crippen LogP contribution in [0.2, 0.25) is 0 Å². The Morgan fingerprint density at radius 3 is 2.59 bits per heavy atom. The molecule has 0 atom stereocenters. The van der Waals surface area contributed by atoms with Crippen LogP contribution in [0.4, 0.5) is 0 Å². The van der Waals surface area contributed by atoms with E-state index in [0.717, 1.165) is 17.8 Å². The van der Waals surface area contributed by atoms with E-state index < -0.39 is 0 Å². The highest BCUT2D eigenvalue weighted by atomic mass is 14.8. The third-order valence-electron chi connectivity index (χ3n) is 3.72. The molecule has 0 fully saturated rings. The molecular weight excluding hydrogens is 208 g/mol. The molecule has 86 valence electrons. The fourth-order valence-electron chi connectivity index (χ4n) is 2.72. The van der Waals surface area contributed by atoms with Crippen molar-refractivity contribution in [3.05, 3.63) is 45.9 Å². The molecule has 2 heterocycles. The monoisotopic (exact) mass is 224 g/mol. The molecule has 0 unspecified atom stereocenters. The minimum atomic E-state index is 0.938. The highest BCUT2D eigenvalue weighted by Crippen LogP contribution is 2.38. The van der Waals surface area contributed by atoms with Gasteiger partial charge in [0.15, 0.2) is 0 Å². The number of hydrogen-bond donors (Lipinski definition) is 0. The van der Waals surface area contributed by atoms with Crippen molar-refractivity contribution in [3.63, 3.8) is 0 Å². The Bertz CT molecular complexity index is 627. The molecule has 0 saturated heterocycles. The summed E-state index contributed by atoms with van der Waals surface area (Å²) in [4.78, 5) is 9.27. The molecule has 0 amide bonds. The summed E-state index contributed by atoms with van der Waals surface area (Å²) in [6, 6.07) is 2.14. The van der Waals surface area contributed by atoms with E-state index in [-0.39, 0.29) is 0 Å². The minimum absolute atomic E-state index is 0.938. The van der Waals surface area contributed by atoms with Gasteiger partial charge in [-0.15, -0.1) is 0 Å². The van der Waals surface area contributed by atoms with E-state index in [2.05, 4.69) is 43.7 Å². The molecule has 0 bridgehead atoms. The van der Waals surface area contributed by atoms with E-state index in [4.69, 9.17) is 0 Å². The first kappa shape index (κ1) is 10.5. The number of pyridine rings is 2. The van der Waals surface area contributed by atoms with Crippen molar-refractivity contribution in [2.45, 2.75) is 34.1 Å². The molecule has 1 aliphatic rings. The predicted octanol–water partition coefficient (Wildman–Crippen LogP) is 3.28. The highest BCUT2D eigenvalue weighted by Gasteiger charge is 2.25. The molecule has 0 aliphatic heterocycles. The van der Waals surface area contributed by atoms with Crippen molar-refractivity contribution in [2.75, 3.05) is 0 Å². The summed E-state index contributed by atoms with van der Waals surface area (Å²) < 4.78 is 0. The summed E-state index contributed by atoms with van der Waals surface area (Å²) in [7, 11) is 0. The van der Waals surface area contributed by atoms with Crippen LogP contribution in [0.25, 0.3) is 11.3 Å². The average molecular weight is 224 g/mol. The normalized spacial score (nSPS) is 12.5. The summed E-state index contributed by atoms with van der Waals surface area (Å²) in [5.74, 6) is 0. The lowest BCUT2D eigenvalue weighted by Crippen LogP contribution is -1.93. The Morgan fingerprint density at radius 1 is 1.06 bits per heavy atom. The third kappa shape index (κ3) is 1.40. The van der Waals surface area contributed by atoms with Gasteiger partial charge in [-0.05, 0) is 56.0 Å². The number of fused-ring (bicyclic) bond motifs is 3. The number of aromatic nitrogens is 2. The Kier molecular flexibility index (Phi) is 2.09. The summed E-state index contributed by atoms with van der Waals surface area (Å²) in [6.45, 7) is 8.52. The molecule has 2 aromatic rings. The average Bonchev–Trinajstić information content (AvgIpc) is 2.62. The second kappa shape index (κ2) is 3.39. The van der Waals surface area contributed by atoms with E-state index in [9.17, 15) is 0 Å². The molecule has 0 saturated carbocycles. The van der Waals surface area contributed by atoms with Crippen molar-refractivity contribution in [1.29, 1.82) is 0 Å². The van der Waals surface area contributed by atoms with E-state index in [1.54, 1.807) is 0 Å². The van der Waals surface area contributed by atoms with Crippen LogP contribution in [0.5, 0.6) is 0 Å². The zero-order valence-electron chi connectivity index (χ0n) is 10.8. The maximum atomic E-state index is 4.66. The van der Waals surface area contributed by atoms with Crippen LogP contribution >= 0.6 is 0 Å². The lowest BCUT2D eigenvalue weighted by molar-refractivity contribution is 1.05.